The molecule has 0 saturated carbocycles. The van der Waals surface area contributed by atoms with E-state index in [0.29, 0.717) is 41.3 Å². The van der Waals surface area contributed by atoms with Gasteiger partial charge in [-0.3, -0.25) is 14.5 Å². The predicted octanol–water partition coefficient (Wildman–Crippen LogP) is 3.66. The Morgan fingerprint density at radius 3 is 2.45 bits per heavy atom. The lowest BCUT2D eigenvalue weighted by molar-refractivity contribution is 0.0597. The topological polar surface area (TPSA) is 83.8 Å². The van der Waals surface area contributed by atoms with Gasteiger partial charge in [0.05, 0.1) is 31.1 Å². The van der Waals surface area contributed by atoms with Crippen LogP contribution in [0.1, 0.15) is 44.8 Å². The summed E-state index contributed by atoms with van der Waals surface area (Å²) < 4.78 is 25.3. The van der Waals surface area contributed by atoms with E-state index in [9.17, 15) is 14.1 Å². The Kier molecular flexibility index (Phi) is 6.76. The summed E-state index contributed by atoms with van der Waals surface area (Å²) in [7, 11) is 1.55. The Balaban J connectivity index is 1.75. The van der Waals surface area contributed by atoms with Gasteiger partial charge in [0.2, 0.25) is 0 Å². The number of imide groups is 1. The molecule has 33 heavy (non-hydrogen) atoms. The average molecular weight is 467 g/mol. The van der Waals surface area contributed by atoms with Crippen LogP contribution in [0.2, 0.25) is 0 Å². The molecule has 0 fully saturated rings. The molecule has 7 nitrogen and oxygen atoms in total. The molecule has 1 aromatic heterocycles. The van der Waals surface area contributed by atoms with Gasteiger partial charge in [-0.15, -0.1) is 0 Å². The first-order valence-corrected chi connectivity index (χ1v) is 12.4. The van der Waals surface area contributed by atoms with E-state index in [1.54, 1.807) is 43.7 Å². The maximum atomic E-state index is 13.6. The molecule has 0 spiro atoms. The van der Waals surface area contributed by atoms with Gasteiger partial charge in [0.25, 0.3) is 11.8 Å². The predicted molar refractivity (Wildman–Crippen MR) is 126 cm³/mol. The molecule has 172 valence electrons. The number of rotatable bonds is 9. The van der Waals surface area contributed by atoms with E-state index in [2.05, 4.69) is 0 Å². The molecule has 0 bridgehead atoms. The van der Waals surface area contributed by atoms with Crippen molar-refractivity contribution in [1.82, 2.24) is 9.47 Å². The summed E-state index contributed by atoms with van der Waals surface area (Å²) in [4.78, 5) is 28.3. The highest BCUT2D eigenvalue weighted by Gasteiger charge is 2.43. The third-order valence-corrected chi connectivity index (χ3v) is 6.41. The van der Waals surface area contributed by atoms with E-state index in [1.807, 2.05) is 42.1 Å². The first kappa shape index (κ1) is 22.9. The maximum absolute atomic E-state index is 13.6. The van der Waals surface area contributed by atoms with Crippen LogP contribution in [0, 0.1) is 0 Å². The first-order valence-electron chi connectivity index (χ1n) is 10.7. The molecule has 0 N–H and O–H groups in total. The number of aromatic nitrogens is 1. The molecule has 0 radical (unpaired) electrons. The van der Waals surface area contributed by atoms with Gasteiger partial charge in [0.15, 0.2) is 11.5 Å². The summed E-state index contributed by atoms with van der Waals surface area (Å²) in [6.07, 6.45) is 5.39. The average Bonchev–Trinajstić information content (AvgIpc) is 3.39. The number of hydrogen-bond acceptors (Lipinski definition) is 5. The monoisotopic (exact) mass is 466 g/mol. The molecule has 2 heterocycles. The quantitative estimate of drug-likeness (QED) is 0.355. The van der Waals surface area contributed by atoms with Crippen LogP contribution >= 0.6 is 0 Å². The summed E-state index contributed by atoms with van der Waals surface area (Å²) in [5.41, 5.74) is 2.21. The van der Waals surface area contributed by atoms with Crippen LogP contribution in [-0.4, -0.2) is 51.6 Å². The van der Waals surface area contributed by atoms with E-state index in [-0.39, 0.29) is 17.6 Å². The second-order valence-electron chi connectivity index (χ2n) is 7.77. The smallest absolute Gasteiger partial charge is 0.262 e. The fraction of sp³-hybridized carbons (Fsp3) is 0.280. The molecule has 2 atom stereocenters. The zero-order valence-corrected chi connectivity index (χ0v) is 19.6. The van der Waals surface area contributed by atoms with Crippen molar-refractivity contribution in [3.05, 3.63) is 83.2 Å². The highest BCUT2D eigenvalue weighted by Crippen LogP contribution is 2.37. The summed E-state index contributed by atoms with van der Waals surface area (Å²) in [5.74, 6) is 0.425. The van der Waals surface area contributed by atoms with Gasteiger partial charge < -0.3 is 18.6 Å². The van der Waals surface area contributed by atoms with Crippen LogP contribution in [0.5, 0.6) is 11.5 Å². The summed E-state index contributed by atoms with van der Waals surface area (Å²) in [6, 6.07) is 13.7. The second kappa shape index (κ2) is 9.72. The van der Waals surface area contributed by atoms with Crippen LogP contribution in [0.15, 0.2) is 60.9 Å². The van der Waals surface area contributed by atoms with Gasteiger partial charge >= 0.3 is 0 Å². The standard InChI is InChI=1S/C25H26N2O5S/c1-4-32-22-14-17(10-11-21(22)31-2)20(16-33(3)30)27-24(28)19-9-7-8-18(23(19)25(27)29)15-26-12-5-6-13-26/h5-14,20H,4,15-16H2,1-3H3. The number of amides is 2. The largest absolute Gasteiger partial charge is 0.616 e. The Labute approximate surface area is 196 Å². The number of carbonyl (C=O) groups excluding carboxylic acids is 2. The van der Waals surface area contributed by atoms with Crippen molar-refractivity contribution >= 4 is 23.0 Å². The Morgan fingerprint density at radius 2 is 1.79 bits per heavy atom. The zero-order valence-electron chi connectivity index (χ0n) is 18.8. The maximum Gasteiger partial charge on any atom is 0.262 e. The number of carbonyl (C=O) groups is 2. The fourth-order valence-corrected chi connectivity index (χ4v) is 4.96. The van der Waals surface area contributed by atoms with E-state index >= 15 is 0 Å². The summed E-state index contributed by atoms with van der Waals surface area (Å²) >= 11 is -1.26. The van der Waals surface area contributed by atoms with Crippen LogP contribution in [0.25, 0.3) is 0 Å². The first-order chi connectivity index (χ1) is 15.9. The molecule has 2 amide bonds. The Hall–Kier alpha value is -3.23. The molecular formula is C25H26N2O5S. The molecule has 4 rings (SSSR count). The van der Waals surface area contributed by atoms with Crippen molar-refractivity contribution in [3.8, 4) is 11.5 Å². The third-order valence-electron chi connectivity index (χ3n) is 5.63. The Bertz CT molecular complexity index is 1160. The molecule has 2 aromatic carbocycles. The van der Waals surface area contributed by atoms with Crippen LogP contribution in [-0.2, 0) is 17.7 Å². The molecule has 0 aliphatic carbocycles. The molecule has 2 unspecified atom stereocenters. The molecule has 8 heteroatoms. The van der Waals surface area contributed by atoms with E-state index in [4.69, 9.17) is 9.47 Å². The van der Waals surface area contributed by atoms with E-state index < -0.39 is 17.2 Å². The molecule has 3 aromatic rings. The van der Waals surface area contributed by atoms with Gasteiger partial charge in [-0.1, -0.05) is 29.4 Å². The highest BCUT2D eigenvalue weighted by atomic mass is 32.2. The number of nitrogens with zero attached hydrogens (tertiary/aromatic N) is 2. The van der Waals surface area contributed by atoms with E-state index in [0.717, 1.165) is 5.56 Å². The number of hydrogen-bond donors (Lipinski definition) is 0. The lowest BCUT2D eigenvalue weighted by Crippen LogP contribution is -2.37. The van der Waals surface area contributed by atoms with Gasteiger partial charge in [-0.05, 0) is 48.4 Å². The van der Waals surface area contributed by atoms with Crippen molar-refractivity contribution in [3.63, 3.8) is 0 Å². The molecule has 1 aliphatic heterocycles. The van der Waals surface area contributed by atoms with Crippen LogP contribution in [0.4, 0.5) is 0 Å². The summed E-state index contributed by atoms with van der Waals surface area (Å²) in [5, 5.41) is 0. The minimum absolute atomic E-state index is 0.121. The van der Waals surface area contributed by atoms with Gasteiger partial charge in [0, 0.05) is 18.9 Å². The SMILES string of the molecule is CCOc1cc(C(C[S+](C)[O-])N2C(=O)c3cccc(Cn4cccc4)c3C2=O)ccc1OC. The minimum atomic E-state index is -1.26. The fourth-order valence-electron chi connectivity index (χ4n) is 4.17. The molecule has 1 aliphatic rings. The van der Waals surface area contributed by atoms with Gasteiger partial charge in [-0.2, -0.15) is 0 Å². The number of methoxy groups -OCH3 is 1. The normalized spacial score (nSPS) is 14.8. The van der Waals surface area contributed by atoms with Gasteiger partial charge in [-0.25, -0.2) is 0 Å². The van der Waals surface area contributed by atoms with Crippen molar-refractivity contribution in [1.29, 1.82) is 0 Å². The number of ether oxygens (including phenoxy) is 2. The van der Waals surface area contributed by atoms with Crippen molar-refractivity contribution in [2.75, 3.05) is 25.7 Å². The van der Waals surface area contributed by atoms with Crippen molar-refractivity contribution in [2.45, 2.75) is 19.5 Å². The van der Waals surface area contributed by atoms with E-state index in [1.165, 1.54) is 4.90 Å². The number of fused-ring (bicyclic) bond motifs is 1. The second-order valence-corrected chi connectivity index (χ2v) is 9.25. The van der Waals surface area contributed by atoms with Crippen molar-refractivity contribution in [2.24, 2.45) is 0 Å². The highest BCUT2D eigenvalue weighted by molar-refractivity contribution is 7.90. The van der Waals surface area contributed by atoms with Crippen LogP contribution < -0.4 is 9.47 Å². The third kappa shape index (κ3) is 4.49. The summed E-state index contributed by atoms with van der Waals surface area (Å²) in [6.45, 7) is 2.77. The molecular weight excluding hydrogens is 440 g/mol. The lowest BCUT2D eigenvalue weighted by atomic mass is 10.0. The Morgan fingerprint density at radius 1 is 1.03 bits per heavy atom. The van der Waals surface area contributed by atoms with Crippen molar-refractivity contribution < 1.29 is 23.6 Å². The lowest BCUT2D eigenvalue weighted by Gasteiger charge is -2.27. The number of benzene rings is 2. The minimum Gasteiger partial charge on any atom is -0.616 e. The van der Waals surface area contributed by atoms with Gasteiger partial charge in [0.1, 0.15) is 11.8 Å². The molecule has 0 saturated heterocycles. The zero-order chi connectivity index (χ0) is 23.5. The van der Waals surface area contributed by atoms with Crippen LogP contribution in [0.3, 0.4) is 0 Å².